The third-order valence-corrected chi connectivity index (χ3v) is 33.3. The van der Waals surface area contributed by atoms with E-state index in [1.807, 2.05) is 65.2 Å². The summed E-state index contributed by atoms with van der Waals surface area (Å²) in [5.74, 6) is 37.1. The van der Waals surface area contributed by atoms with E-state index in [-0.39, 0.29) is 63.5 Å². The Kier molecular flexibility index (Phi) is 45.1. The smallest absolute Gasteiger partial charge is 0.313 e. The van der Waals surface area contributed by atoms with Crippen molar-refractivity contribution < 1.29 is 90.3 Å². The molecule has 14 rings (SSSR count). The highest BCUT2D eigenvalue weighted by Gasteiger charge is 2.53. The number of ketones is 2. The standard InChI is InChI=1S/C25H40N2O3Si2.C24H31N3O2Si2.C23H36N2O5Si.C15H9N3O.C14H20O4.C11H18O4/c1-31(2,3)20-14-24(10-12-25(13-11-24)29-17-18-30-25)9-7-8-23-26-15-16-27(23)22-28-19-21-32(4,5)6;1-30(2,3)16-12-24(11-9-22(28)21(18-24)19-25)10-7-8-23-26-13-14-27(23)20-29-15-17-31(4,5)6;1-5-28-21(26)22(9-11-23(12-10-22)29-15-16-30-23)8-6-7-20-24-13-14-25(20)19-27-17-18-31(2,3)4;1-2-15(6-3-4-14-17-8-9-18-14)7-5-13(19)12(10-15)11-16;1-3-5-13(12(15)16-4-2)6-8-14(9-7-13)17-10-11-18-14;1-2-13-10(12)9-3-5-11(6-4-9)14-7-8-15-11/h15-16H,9-13,17-19,21-22H2,1-6H3;9,11,13-14,18H,10,15,17,20H2,1-6H3;13-14H,5,8-12,15-19H2,1-4H3;1,5,7-10H,6H2,(H,17,18);1H,4-11H2,2H3;9H,2-8H2,1H3. The number of nitrogens with zero attached hydrogens (tertiary/aromatic N) is 9. The molecule has 0 aromatic carbocycles. The van der Waals surface area contributed by atoms with Crippen molar-refractivity contribution in [3.05, 3.63) is 120 Å². The van der Waals surface area contributed by atoms with Gasteiger partial charge in [0.05, 0.1) is 111 Å². The number of carbonyl (C=O) groups is 5. The number of ether oxygens (including phenoxy) is 14. The number of aromatic amines is 1. The second kappa shape index (κ2) is 55.2. The second-order valence-electron chi connectivity index (χ2n) is 44.1. The van der Waals surface area contributed by atoms with Crippen LogP contribution in [-0.4, -0.2) is 224 Å². The summed E-state index contributed by atoms with van der Waals surface area (Å²) >= 11 is 0. The fraction of sp³-hybridized carbons (Fsp3) is 0.616. The van der Waals surface area contributed by atoms with Crippen LogP contribution in [0.5, 0.6) is 0 Å². The van der Waals surface area contributed by atoms with Gasteiger partial charge in [-0.05, 0) is 138 Å². The van der Waals surface area contributed by atoms with Crippen LogP contribution in [0.15, 0.2) is 97.2 Å². The van der Waals surface area contributed by atoms with E-state index in [9.17, 15) is 29.2 Å². The first kappa shape index (κ1) is 119. The molecule has 0 radical (unpaired) electrons. The lowest BCUT2D eigenvalue weighted by Gasteiger charge is -2.41. The van der Waals surface area contributed by atoms with Crippen LogP contribution < -0.4 is 0 Å². The first-order valence-corrected chi connectivity index (χ1v) is 69.5. The molecule has 0 bridgehead atoms. The van der Waals surface area contributed by atoms with Crippen molar-refractivity contribution in [3.8, 4) is 107 Å². The molecule has 29 nitrogen and oxygen atoms in total. The third-order valence-electron chi connectivity index (χ3n) is 26.4. The molecule has 4 aromatic rings. The van der Waals surface area contributed by atoms with E-state index in [4.69, 9.17) is 84.4 Å². The maximum absolute atomic E-state index is 12.8. The zero-order valence-electron chi connectivity index (χ0n) is 89.6. The van der Waals surface area contributed by atoms with E-state index < -0.39 is 73.6 Å². The molecule has 34 heteroatoms. The molecule has 786 valence electrons. The fourth-order valence-electron chi connectivity index (χ4n) is 17.4. The molecule has 6 aliphatic carbocycles. The number of hydrogen-bond acceptors (Lipinski definition) is 25. The molecule has 4 saturated carbocycles. The molecule has 0 amide bonds. The molecule has 146 heavy (non-hydrogen) atoms. The van der Waals surface area contributed by atoms with E-state index in [2.05, 4.69) is 205 Å². The van der Waals surface area contributed by atoms with Crippen molar-refractivity contribution in [1.29, 1.82) is 10.5 Å². The number of rotatable bonds is 26. The van der Waals surface area contributed by atoms with Gasteiger partial charge in [0.2, 0.25) is 0 Å². The summed E-state index contributed by atoms with van der Waals surface area (Å²) in [6.07, 6.45) is 49.1. The van der Waals surface area contributed by atoms with Gasteiger partial charge in [0, 0.05) is 183 Å². The van der Waals surface area contributed by atoms with Crippen molar-refractivity contribution in [3.63, 3.8) is 0 Å². The number of terminal acetylenes is 2. The van der Waals surface area contributed by atoms with Crippen LogP contribution in [0.25, 0.3) is 0 Å². The maximum Gasteiger partial charge on any atom is 0.313 e. The van der Waals surface area contributed by atoms with E-state index in [1.54, 1.807) is 49.2 Å². The number of carbonyl (C=O) groups excluding carboxylic acids is 5. The summed E-state index contributed by atoms with van der Waals surface area (Å²) in [4.78, 5) is 79.7. The summed E-state index contributed by atoms with van der Waals surface area (Å²) in [5.41, 5.74) is 4.37. The second-order valence-corrected chi connectivity index (χ2v) is 70.5. The van der Waals surface area contributed by atoms with Gasteiger partial charge >= 0.3 is 17.9 Å². The number of nitrogens with one attached hydrogen (secondary N) is 1. The predicted octanol–water partition coefficient (Wildman–Crippen LogP) is 18.0. The number of aromatic nitrogens is 8. The first-order chi connectivity index (χ1) is 69.3. The Bertz CT molecular complexity index is 5710. The Morgan fingerprint density at radius 3 is 1.16 bits per heavy atom. The Morgan fingerprint density at radius 2 is 0.795 bits per heavy atom. The van der Waals surface area contributed by atoms with E-state index in [1.165, 1.54) is 18.2 Å². The van der Waals surface area contributed by atoms with Gasteiger partial charge in [-0.3, -0.25) is 24.0 Å². The molecule has 4 saturated heterocycles. The lowest BCUT2D eigenvalue weighted by molar-refractivity contribution is -0.199. The zero-order chi connectivity index (χ0) is 106. The van der Waals surface area contributed by atoms with Gasteiger partial charge in [-0.2, -0.15) is 10.5 Å². The number of allylic oxidation sites excluding steroid dienone is 8. The Balaban J connectivity index is 0.000000199. The predicted molar refractivity (Wildman–Crippen MR) is 572 cm³/mol. The molecule has 4 aliphatic heterocycles. The topological polar surface area (TPSA) is 344 Å². The van der Waals surface area contributed by atoms with E-state index >= 15 is 0 Å². The molecule has 4 spiro atoms. The van der Waals surface area contributed by atoms with Crippen molar-refractivity contribution in [2.24, 2.45) is 33.0 Å². The van der Waals surface area contributed by atoms with Gasteiger partial charge in [0.25, 0.3) is 0 Å². The molecule has 8 fully saturated rings. The summed E-state index contributed by atoms with van der Waals surface area (Å²) in [6.45, 7) is 50.1. The highest BCUT2D eigenvalue weighted by molar-refractivity contribution is 6.84. The number of hydrogen-bond donors (Lipinski definition) is 1. The molecular formula is C112H154N10O19Si5. The number of nitriles is 2. The number of H-pyrrole nitrogens is 1. The molecule has 1 N–H and O–H groups in total. The molecular weight excluding hydrogens is 1930 g/mol. The maximum atomic E-state index is 12.8. The van der Waals surface area contributed by atoms with Crippen LogP contribution in [0.3, 0.4) is 0 Å². The summed E-state index contributed by atoms with van der Waals surface area (Å²) in [6, 6.07) is 7.23. The summed E-state index contributed by atoms with van der Waals surface area (Å²) in [7, 11) is -6.42. The fourth-order valence-corrected chi connectivity index (χ4v) is 20.9. The number of imidazole rings is 4. The quantitative estimate of drug-likeness (QED) is 0.0201. The molecule has 2 unspecified atom stereocenters. The highest BCUT2D eigenvalue weighted by atomic mass is 28.3. The van der Waals surface area contributed by atoms with Crippen molar-refractivity contribution >= 4 is 69.8 Å². The summed E-state index contributed by atoms with van der Waals surface area (Å²) < 4.78 is 85.0. The molecule has 4 aromatic heterocycles. The average molecular weight is 2080 g/mol. The minimum Gasteiger partial charge on any atom is -0.466 e. The lowest BCUT2D eigenvalue weighted by Crippen LogP contribution is -2.44. The lowest BCUT2D eigenvalue weighted by atomic mass is 9.70. The summed E-state index contributed by atoms with van der Waals surface area (Å²) in [5, 5.41) is 18.2. The minimum atomic E-state index is -1.64. The van der Waals surface area contributed by atoms with Crippen molar-refractivity contribution in [1.82, 2.24) is 38.6 Å². The van der Waals surface area contributed by atoms with E-state index in [0.717, 1.165) is 102 Å². The van der Waals surface area contributed by atoms with Crippen LogP contribution in [-0.2, 0) is 110 Å². The third kappa shape index (κ3) is 38.0. The molecule has 2 atom stereocenters. The average Bonchev–Trinajstić information content (AvgIpc) is 1.70. The normalized spacial score (nSPS) is 22.5. The molecule has 8 heterocycles. The van der Waals surface area contributed by atoms with Crippen LogP contribution in [0, 0.1) is 151 Å². The largest absolute Gasteiger partial charge is 0.466 e. The highest BCUT2D eigenvalue weighted by Crippen LogP contribution is 2.51. The zero-order valence-corrected chi connectivity index (χ0v) is 94.6. The monoisotopic (exact) mass is 2080 g/mol. The SMILES string of the molecule is C#CC1(CC#Cc2ncc[nH]2)C=CC(=O)C(C#N)=C1.C#CCC1(C(=O)OCC)CCC2(CC1)OCCO2.CCOC(=O)C1(CC#Cc2nccn2COCC[Si](C)(C)C)CCC2(CC1)OCCO2.CCOC(=O)C1CCC2(CC1)OCCO2.C[Si](C)(C)C#CC1(CC#Cc2nccn2COCC[Si](C)(C)C)C=CC(=O)C(C#N)=C1.C[Si](C)(C)C#CC1(CC#Cc2nccn2COCC[Si](C)(C)C)CCC2(CC1)OCCO2. The van der Waals surface area contributed by atoms with Gasteiger partial charge in [-0.15, -0.1) is 35.8 Å². The van der Waals surface area contributed by atoms with Gasteiger partial charge in [-0.1, -0.05) is 146 Å². The minimum absolute atomic E-state index is 0.0448. The Morgan fingerprint density at radius 1 is 0.438 bits per heavy atom. The van der Waals surface area contributed by atoms with Gasteiger partial charge in [-0.25, -0.2) is 19.9 Å². The van der Waals surface area contributed by atoms with Crippen molar-refractivity contribution in [2.75, 3.05) is 92.5 Å². The van der Waals surface area contributed by atoms with Gasteiger partial charge < -0.3 is 85.0 Å². The van der Waals surface area contributed by atoms with Gasteiger partial charge in [0.1, 0.15) is 48.5 Å². The van der Waals surface area contributed by atoms with Gasteiger partial charge in [0.15, 0.2) is 58.0 Å². The first-order valence-electron chi connectivity index (χ1n) is 51.4. The van der Waals surface area contributed by atoms with Crippen LogP contribution in [0.1, 0.15) is 179 Å². The number of esters is 3. The van der Waals surface area contributed by atoms with E-state index in [0.29, 0.717) is 187 Å². The Hall–Kier alpha value is -10.3. The van der Waals surface area contributed by atoms with Crippen LogP contribution >= 0.6 is 0 Å². The van der Waals surface area contributed by atoms with Crippen LogP contribution in [0.2, 0.25) is 116 Å². The van der Waals surface area contributed by atoms with Crippen LogP contribution in [0.4, 0.5) is 0 Å². The molecule has 10 aliphatic rings. The van der Waals surface area contributed by atoms with Crippen molar-refractivity contribution in [2.45, 2.75) is 315 Å². The Labute approximate surface area is 872 Å².